The average molecular weight is 406 g/mol. The molecule has 1 amide bonds. The zero-order chi connectivity index (χ0) is 20.6. The van der Waals surface area contributed by atoms with E-state index in [0.29, 0.717) is 12.8 Å². The summed E-state index contributed by atoms with van der Waals surface area (Å²) in [5.41, 5.74) is 1.05. The number of pyridine rings is 1. The standard InChI is InChI=1S/C19H22N2O6S/c1-14(2)26-19(23)27-17-11-10-16(13-20-17)18(22)21-28(24,25)12-6-9-15-7-4-3-5-8-15/h3-5,7-8,10-11,13-14H,6,9,12H2,1-2H3,(H,21,22). The molecule has 0 aliphatic heterocycles. The molecule has 2 aromatic rings. The highest BCUT2D eigenvalue weighted by Gasteiger charge is 2.17. The first-order chi connectivity index (χ1) is 13.2. The van der Waals surface area contributed by atoms with Crippen molar-refractivity contribution in [3.05, 3.63) is 59.8 Å². The van der Waals surface area contributed by atoms with Gasteiger partial charge in [0.05, 0.1) is 17.4 Å². The summed E-state index contributed by atoms with van der Waals surface area (Å²) in [5, 5.41) is 0. The molecule has 150 valence electrons. The molecular weight excluding hydrogens is 384 g/mol. The fourth-order valence-electron chi connectivity index (χ4n) is 2.24. The zero-order valence-corrected chi connectivity index (χ0v) is 16.4. The Balaban J connectivity index is 1.86. The largest absolute Gasteiger partial charge is 0.515 e. The van der Waals surface area contributed by atoms with Crippen LogP contribution in [-0.2, 0) is 21.2 Å². The Bertz CT molecular complexity index is 896. The van der Waals surface area contributed by atoms with Crippen molar-refractivity contribution in [1.29, 1.82) is 0 Å². The van der Waals surface area contributed by atoms with Crippen LogP contribution in [0.15, 0.2) is 48.7 Å². The molecule has 9 heteroatoms. The Morgan fingerprint density at radius 3 is 2.43 bits per heavy atom. The maximum atomic E-state index is 12.1. The van der Waals surface area contributed by atoms with Crippen LogP contribution in [0.1, 0.15) is 36.2 Å². The third-order valence-corrected chi connectivity index (χ3v) is 4.81. The fraction of sp³-hybridized carbons (Fsp3) is 0.316. The molecule has 8 nitrogen and oxygen atoms in total. The predicted octanol–water partition coefficient (Wildman–Crippen LogP) is 2.70. The molecule has 0 aliphatic carbocycles. The van der Waals surface area contributed by atoms with E-state index in [1.54, 1.807) is 13.8 Å². The van der Waals surface area contributed by atoms with E-state index < -0.39 is 22.1 Å². The van der Waals surface area contributed by atoms with Gasteiger partial charge < -0.3 is 9.47 Å². The van der Waals surface area contributed by atoms with E-state index in [4.69, 9.17) is 9.47 Å². The molecule has 0 atom stereocenters. The van der Waals surface area contributed by atoms with Gasteiger partial charge in [-0.1, -0.05) is 30.3 Å². The topological polar surface area (TPSA) is 112 Å². The van der Waals surface area contributed by atoms with Crippen LogP contribution in [0.25, 0.3) is 0 Å². The normalized spacial score (nSPS) is 11.1. The molecule has 0 bridgehead atoms. The molecular formula is C19H22N2O6S. The molecule has 0 fully saturated rings. The first-order valence-corrected chi connectivity index (χ1v) is 10.3. The molecule has 1 aromatic carbocycles. The van der Waals surface area contributed by atoms with Gasteiger partial charge in [-0.15, -0.1) is 0 Å². The molecule has 1 N–H and O–H groups in total. The maximum absolute atomic E-state index is 12.1. The zero-order valence-electron chi connectivity index (χ0n) is 15.6. The number of carbonyl (C=O) groups excluding carboxylic acids is 2. The van der Waals surface area contributed by atoms with E-state index in [1.165, 1.54) is 12.1 Å². The van der Waals surface area contributed by atoms with E-state index in [0.717, 1.165) is 11.8 Å². The minimum absolute atomic E-state index is 0.0243. The number of hydrogen-bond donors (Lipinski definition) is 1. The number of hydrogen-bond acceptors (Lipinski definition) is 7. The number of aromatic nitrogens is 1. The molecule has 1 aromatic heterocycles. The smallest absolute Gasteiger partial charge is 0.431 e. The molecule has 0 saturated carbocycles. The average Bonchev–Trinajstić information content (AvgIpc) is 2.62. The summed E-state index contributed by atoms with van der Waals surface area (Å²) in [5.74, 6) is -1.04. The third-order valence-electron chi connectivity index (χ3n) is 3.49. The minimum atomic E-state index is -3.77. The lowest BCUT2D eigenvalue weighted by Gasteiger charge is -2.09. The first kappa shape index (κ1) is 21.4. The van der Waals surface area contributed by atoms with Crippen LogP contribution in [0.5, 0.6) is 5.88 Å². The third kappa shape index (κ3) is 7.36. The number of aryl methyl sites for hydroxylation is 1. The molecule has 0 unspecified atom stereocenters. The number of amides is 1. The highest BCUT2D eigenvalue weighted by atomic mass is 32.2. The van der Waals surface area contributed by atoms with Gasteiger partial charge >= 0.3 is 6.16 Å². The molecule has 0 aliphatic rings. The monoisotopic (exact) mass is 406 g/mol. The van der Waals surface area contributed by atoms with Crippen molar-refractivity contribution in [1.82, 2.24) is 9.71 Å². The van der Waals surface area contributed by atoms with Gasteiger partial charge in [0.15, 0.2) is 0 Å². The number of rotatable bonds is 8. The lowest BCUT2D eigenvalue weighted by atomic mass is 10.1. The Morgan fingerprint density at radius 2 is 1.82 bits per heavy atom. The Labute approximate surface area is 163 Å². The number of nitrogens with one attached hydrogen (secondary N) is 1. The van der Waals surface area contributed by atoms with Gasteiger partial charge in [0.2, 0.25) is 15.9 Å². The minimum Gasteiger partial charge on any atom is -0.431 e. The molecule has 0 saturated heterocycles. The van der Waals surface area contributed by atoms with Crippen molar-refractivity contribution < 1.29 is 27.5 Å². The van der Waals surface area contributed by atoms with Gasteiger partial charge in [0, 0.05) is 12.3 Å². The SMILES string of the molecule is CC(C)OC(=O)Oc1ccc(C(=O)NS(=O)(=O)CCCc2ccccc2)cn1. The lowest BCUT2D eigenvalue weighted by Crippen LogP contribution is -2.32. The maximum Gasteiger partial charge on any atom is 0.515 e. The van der Waals surface area contributed by atoms with Crippen LogP contribution in [0.4, 0.5) is 4.79 Å². The first-order valence-electron chi connectivity index (χ1n) is 8.68. The summed E-state index contributed by atoms with van der Waals surface area (Å²) in [4.78, 5) is 27.3. The van der Waals surface area contributed by atoms with E-state index in [9.17, 15) is 18.0 Å². The number of nitrogens with zero attached hydrogens (tertiary/aromatic N) is 1. The summed E-state index contributed by atoms with van der Waals surface area (Å²) >= 11 is 0. The summed E-state index contributed by atoms with van der Waals surface area (Å²) in [6.45, 7) is 3.34. The van der Waals surface area contributed by atoms with Crippen molar-refractivity contribution >= 4 is 22.1 Å². The predicted molar refractivity (Wildman–Crippen MR) is 102 cm³/mol. The van der Waals surface area contributed by atoms with Gasteiger partial charge in [-0.3, -0.25) is 4.79 Å². The Hall–Kier alpha value is -2.94. The summed E-state index contributed by atoms with van der Waals surface area (Å²) < 4.78 is 35.8. The van der Waals surface area contributed by atoms with Crippen molar-refractivity contribution in [2.75, 3.05) is 5.75 Å². The van der Waals surface area contributed by atoms with E-state index in [2.05, 4.69) is 4.98 Å². The van der Waals surface area contributed by atoms with Crippen LogP contribution in [-0.4, -0.2) is 37.3 Å². The second-order valence-corrected chi connectivity index (χ2v) is 8.08. The second-order valence-electron chi connectivity index (χ2n) is 6.24. The highest BCUT2D eigenvalue weighted by Crippen LogP contribution is 2.10. The molecule has 0 spiro atoms. The summed E-state index contributed by atoms with van der Waals surface area (Å²) in [6, 6.07) is 12.1. The number of sulfonamides is 1. The van der Waals surface area contributed by atoms with Crippen LogP contribution in [0.2, 0.25) is 0 Å². The van der Waals surface area contributed by atoms with Crippen LogP contribution in [0, 0.1) is 0 Å². The molecule has 2 rings (SSSR count). The van der Waals surface area contributed by atoms with E-state index in [1.807, 2.05) is 35.1 Å². The Kier molecular flexibility index (Phi) is 7.51. The van der Waals surface area contributed by atoms with Gasteiger partial charge in [-0.2, -0.15) is 0 Å². The summed E-state index contributed by atoms with van der Waals surface area (Å²) in [7, 11) is -3.77. The molecule has 28 heavy (non-hydrogen) atoms. The highest BCUT2D eigenvalue weighted by molar-refractivity contribution is 7.90. The number of ether oxygens (including phenoxy) is 2. The van der Waals surface area contributed by atoms with Crippen molar-refractivity contribution in [3.63, 3.8) is 0 Å². The number of benzene rings is 1. The lowest BCUT2D eigenvalue weighted by molar-refractivity contribution is 0.0716. The fourth-order valence-corrected chi connectivity index (χ4v) is 3.27. The van der Waals surface area contributed by atoms with Gasteiger partial charge in [0.1, 0.15) is 0 Å². The quantitative estimate of drug-likeness (QED) is 0.671. The van der Waals surface area contributed by atoms with Crippen LogP contribution < -0.4 is 9.46 Å². The molecule has 1 heterocycles. The molecule has 0 radical (unpaired) electrons. The van der Waals surface area contributed by atoms with Gasteiger partial charge in [0.25, 0.3) is 5.91 Å². The van der Waals surface area contributed by atoms with E-state index in [-0.39, 0.29) is 23.3 Å². The Morgan fingerprint density at radius 1 is 1.11 bits per heavy atom. The summed E-state index contributed by atoms with van der Waals surface area (Å²) in [6.07, 6.45) is 0.837. The van der Waals surface area contributed by atoms with Crippen molar-refractivity contribution in [2.24, 2.45) is 0 Å². The van der Waals surface area contributed by atoms with E-state index >= 15 is 0 Å². The second kappa shape index (κ2) is 9.84. The van der Waals surface area contributed by atoms with Gasteiger partial charge in [-0.25, -0.2) is 22.9 Å². The van der Waals surface area contributed by atoms with Crippen LogP contribution >= 0.6 is 0 Å². The van der Waals surface area contributed by atoms with Crippen molar-refractivity contribution in [3.8, 4) is 5.88 Å². The van der Waals surface area contributed by atoms with Gasteiger partial charge in [-0.05, 0) is 38.3 Å². The number of carbonyl (C=O) groups is 2. The van der Waals surface area contributed by atoms with Crippen LogP contribution in [0.3, 0.4) is 0 Å². The van der Waals surface area contributed by atoms with Crippen molar-refractivity contribution in [2.45, 2.75) is 32.8 Å².